The number of aromatic nitrogens is 1. The minimum atomic E-state index is -5.04. The number of halogens is 6. The largest absolute Gasteiger partial charge is 0.416 e. The first-order chi connectivity index (χ1) is 15.5. The summed E-state index contributed by atoms with van der Waals surface area (Å²) in [7, 11) is 0. The molecule has 3 aromatic rings. The maximum Gasteiger partial charge on any atom is 0.416 e. The summed E-state index contributed by atoms with van der Waals surface area (Å²) in [5, 5.41) is 0.925. The van der Waals surface area contributed by atoms with Crippen molar-refractivity contribution in [3.05, 3.63) is 70.9 Å². The predicted molar refractivity (Wildman–Crippen MR) is 113 cm³/mol. The van der Waals surface area contributed by atoms with Crippen molar-refractivity contribution < 1.29 is 31.1 Å². The molecule has 0 unspecified atom stereocenters. The molecule has 0 saturated carbocycles. The number of alkyl halides is 6. The van der Waals surface area contributed by atoms with Crippen LogP contribution in [0.4, 0.5) is 26.3 Å². The Labute approximate surface area is 186 Å². The number of nitrogens with zero attached hydrogens (tertiary/aromatic N) is 1. The lowest BCUT2D eigenvalue weighted by Crippen LogP contribution is -2.44. The number of aromatic amines is 1. The molecular weight excluding hydrogens is 448 g/mol. The molecule has 4 nitrogen and oxygen atoms in total. The van der Waals surface area contributed by atoms with E-state index in [0.29, 0.717) is 25.0 Å². The minimum absolute atomic E-state index is 0.00120. The van der Waals surface area contributed by atoms with Crippen molar-refractivity contribution in [2.45, 2.75) is 38.2 Å². The number of H-pyrrole nitrogens is 1. The number of fused-ring (bicyclic) bond motifs is 1. The van der Waals surface area contributed by atoms with Crippen LogP contribution < -0.4 is 5.73 Å². The van der Waals surface area contributed by atoms with E-state index in [-0.39, 0.29) is 19.2 Å². The molecule has 0 aliphatic heterocycles. The predicted octanol–water partition coefficient (Wildman–Crippen LogP) is 5.63. The van der Waals surface area contributed by atoms with E-state index in [0.717, 1.165) is 16.5 Å². The first-order valence-corrected chi connectivity index (χ1v) is 10.3. The number of nitrogens with two attached hydrogens (primary N) is 1. The van der Waals surface area contributed by atoms with Gasteiger partial charge >= 0.3 is 12.4 Å². The first-order valence-electron chi connectivity index (χ1n) is 10.3. The van der Waals surface area contributed by atoms with Crippen molar-refractivity contribution in [3.63, 3.8) is 0 Å². The summed E-state index contributed by atoms with van der Waals surface area (Å²) < 4.78 is 79.5. The Kier molecular flexibility index (Phi) is 7.06. The normalized spacial score (nSPS) is 13.3. The highest BCUT2D eigenvalue weighted by molar-refractivity contribution is 5.95. The number of para-hydroxylation sites is 1. The Bertz CT molecular complexity index is 1090. The van der Waals surface area contributed by atoms with Gasteiger partial charge in [-0.25, -0.2) is 0 Å². The monoisotopic (exact) mass is 471 g/mol. The standard InChI is InChI=1S/C23H23F6N3O/c1-2-18(11-15-13-31-20-6-4-3-5-19(15)20)32(8-7-30)21(33)14-9-16(22(24,25)26)12-17(10-14)23(27,28)29/h3-6,9-10,12-13,18,31H,2,7-8,11,30H2,1H3/t18-/m0/s1. The van der Waals surface area contributed by atoms with Gasteiger partial charge in [0.05, 0.1) is 11.1 Å². The molecule has 178 valence electrons. The summed E-state index contributed by atoms with van der Waals surface area (Å²) >= 11 is 0. The second-order valence-electron chi connectivity index (χ2n) is 7.71. The molecule has 0 aliphatic rings. The van der Waals surface area contributed by atoms with Gasteiger partial charge in [-0.3, -0.25) is 4.79 Å². The maximum absolute atomic E-state index is 13.3. The molecule has 0 bridgehead atoms. The number of carbonyl (C=O) groups excluding carboxylic acids is 1. The summed E-state index contributed by atoms with van der Waals surface area (Å²) in [6.07, 6.45) is -7.51. The highest BCUT2D eigenvalue weighted by atomic mass is 19.4. The van der Waals surface area contributed by atoms with Gasteiger partial charge in [0.15, 0.2) is 0 Å². The zero-order valence-corrected chi connectivity index (χ0v) is 17.7. The Morgan fingerprint density at radius 3 is 2.18 bits per heavy atom. The number of amides is 1. The lowest BCUT2D eigenvalue weighted by Gasteiger charge is -2.31. The molecule has 2 aromatic carbocycles. The molecule has 0 aliphatic carbocycles. The lowest BCUT2D eigenvalue weighted by molar-refractivity contribution is -0.143. The highest BCUT2D eigenvalue weighted by Crippen LogP contribution is 2.36. The summed E-state index contributed by atoms with van der Waals surface area (Å²) in [6.45, 7) is 1.78. The summed E-state index contributed by atoms with van der Waals surface area (Å²) in [6, 6.07) is 7.92. The van der Waals surface area contributed by atoms with Crippen molar-refractivity contribution in [2.24, 2.45) is 5.73 Å². The van der Waals surface area contributed by atoms with Crippen LogP contribution >= 0.6 is 0 Å². The van der Waals surface area contributed by atoms with Crippen molar-refractivity contribution >= 4 is 16.8 Å². The summed E-state index contributed by atoms with van der Waals surface area (Å²) in [5.41, 5.74) is 3.67. The van der Waals surface area contributed by atoms with Gasteiger partial charge in [-0.2, -0.15) is 26.3 Å². The van der Waals surface area contributed by atoms with Crippen LogP contribution in [0.2, 0.25) is 0 Å². The molecule has 1 aromatic heterocycles. The lowest BCUT2D eigenvalue weighted by atomic mass is 9.99. The van der Waals surface area contributed by atoms with Crippen molar-refractivity contribution in [1.29, 1.82) is 0 Å². The first kappa shape index (κ1) is 24.6. The number of hydrogen-bond donors (Lipinski definition) is 2. The van der Waals surface area contributed by atoms with Gasteiger partial charge in [0.25, 0.3) is 5.91 Å². The fourth-order valence-electron chi connectivity index (χ4n) is 3.86. The molecule has 10 heteroatoms. The molecule has 1 amide bonds. The average Bonchev–Trinajstić information content (AvgIpc) is 3.17. The van der Waals surface area contributed by atoms with Crippen LogP contribution in [0.15, 0.2) is 48.7 Å². The van der Waals surface area contributed by atoms with E-state index in [1.807, 2.05) is 24.3 Å². The van der Waals surface area contributed by atoms with Crippen molar-refractivity contribution in [1.82, 2.24) is 9.88 Å². The Morgan fingerprint density at radius 2 is 1.64 bits per heavy atom. The third-order valence-corrected chi connectivity index (χ3v) is 5.51. The van der Waals surface area contributed by atoms with Crippen LogP contribution in [0, 0.1) is 0 Å². The number of carbonyl (C=O) groups is 1. The number of nitrogens with one attached hydrogen (secondary N) is 1. The molecule has 0 radical (unpaired) electrons. The van der Waals surface area contributed by atoms with E-state index in [9.17, 15) is 31.1 Å². The molecule has 0 fully saturated rings. The second kappa shape index (κ2) is 9.46. The third-order valence-electron chi connectivity index (χ3n) is 5.51. The number of benzene rings is 2. The van der Waals surface area contributed by atoms with Crippen LogP contribution in [-0.4, -0.2) is 34.9 Å². The van der Waals surface area contributed by atoms with Crippen LogP contribution in [0.3, 0.4) is 0 Å². The smallest absolute Gasteiger partial charge is 0.361 e. The Morgan fingerprint density at radius 1 is 1.03 bits per heavy atom. The van der Waals surface area contributed by atoms with Gasteiger partial charge in [-0.1, -0.05) is 25.1 Å². The van der Waals surface area contributed by atoms with E-state index >= 15 is 0 Å². The number of rotatable bonds is 7. The zero-order valence-electron chi connectivity index (χ0n) is 17.7. The molecule has 33 heavy (non-hydrogen) atoms. The summed E-state index contributed by atoms with van der Waals surface area (Å²) in [4.78, 5) is 17.6. The zero-order chi connectivity index (χ0) is 24.4. The van der Waals surface area contributed by atoms with Crippen LogP contribution in [0.1, 0.15) is 40.4 Å². The van der Waals surface area contributed by atoms with Crippen molar-refractivity contribution in [2.75, 3.05) is 13.1 Å². The van der Waals surface area contributed by atoms with E-state index < -0.39 is 41.0 Å². The van der Waals surface area contributed by atoms with Crippen molar-refractivity contribution in [3.8, 4) is 0 Å². The second-order valence-corrected chi connectivity index (χ2v) is 7.71. The molecule has 1 heterocycles. The summed E-state index contributed by atoms with van der Waals surface area (Å²) in [5.74, 6) is -0.927. The highest BCUT2D eigenvalue weighted by Gasteiger charge is 2.38. The third kappa shape index (κ3) is 5.50. The number of hydrogen-bond acceptors (Lipinski definition) is 2. The van der Waals surface area contributed by atoms with Gasteiger partial charge < -0.3 is 15.6 Å². The van der Waals surface area contributed by atoms with Gasteiger partial charge in [-0.05, 0) is 42.7 Å². The van der Waals surface area contributed by atoms with Gasteiger partial charge in [0, 0.05) is 41.8 Å². The molecule has 3 N–H and O–H groups in total. The van der Waals surface area contributed by atoms with E-state index in [1.54, 1.807) is 13.1 Å². The van der Waals surface area contributed by atoms with E-state index in [1.165, 1.54) is 4.90 Å². The Balaban J connectivity index is 2.00. The van der Waals surface area contributed by atoms with E-state index in [2.05, 4.69) is 4.98 Å². The molecule has 0 spiro atoms. The maximum atomic E-state index is 13.3. The van der Waals surface area contributed by atoms with Gasteiger partial charge in [0.2, 0.25) is 0 Å². The van der Waals surface area contributed by atoms with Crippen LogP contribution in [0.5, 0.6) is 0 Å². The van der Waals surface area contributed by atoms with Gasteiger partial charge in [0.1, 0.15) is 0 Å². The molecular formula is C23H23F6N3O. The molecule has 3 rings (SSSR count). The van der Waals surface area contributed by atoms with E-state index in [4.69, 9.17) is 5.73 Å². The topological polar surface area (TPSA) is 62.1 Å². The molecule has 1 atom stereocenters. The fourth-order valence-corrected chi connectivity index (χ4v) is 3.86. The SMILES string of the molecule is CC[C@@H](Cc1c[nH]c2ccccc12)N(CCN)C(=O)c1cc(C(F)(F)F)cc(C(F)(F)F)c1. The quantitative estimate of drug-likeness (QED) is 0.439. The molecule has 0 saturated heterocycles. The van der Waals surface area contributed by atoms with Crippen LogP contribution in [0.25, 0.3) is 10.9 Å². The average molecular weight is 471 g/mol. The van der Waals surface area contributed by atoms with Crippen LogP contribution in [-0.2, 0) is 18.8 Å². The van der Waals surface area contributed by atoms with Gasteiger partial charge in [-0.15, -0.1) is 0 Å². The minimum Gasteiger partial charge on any atom is -0.361 e. The fraction of sp³-hybridized carbons (Fsp3) is 0.348. The Hall–Kier alpha value is -3.01.